The second-order valence-electron chi connectivity index (χ2n) is 5.34. The SMILES string of the molecule is COc1cc(F)ccc1[C@H](CCC(F)(F)F)N1CCNCC1.Cl.Cl. The minimum atomic E-state index is -4.21. The van der Waals surface area contributed by atoms with Crippen LogP contribution in [0.4, 0.5) is 17.6 Å². The summed E-state index contributed by atoms with van der Waals surface area (Å²) in [7, 11) is 1.40. The molecule has 1 saturated heterocycles. The second kappa shape index (κ2) is 10.3. The molecule has 0 aromatic heterocycles. The lowest BCUT2D eigenvalue weighted by atomic mass is 9.98. The fourth-order valence-corrected chi connectivity index (χ4v) is 2.79. The highest BCUT2D eigenvalue weighted by molar-refractivity contribution is 5.85. The first-order chi connectivity index (χ1) is 10.4. The Balaban J connectivity index is 0.00000264. The molecule has 1 atom stereocenters. The van der Waals surface area contributed by atoms with Gasteiger partial charge in [0.15, 0.2) is 0 Å². The maximum Gasteiger partial charge on any atom is 0.389 e. The van der Waals surface area contributed by atoms with E-state index in [9.17, 15) is 17.6 Å². The van der Waals surface area contributed by atoms with E-state index in [0.717, 1.165) is 13.1 Å². The summed E-state index contributed by atoms with van der Waals surface area (Å²) < 4.78 is 56.4. The van der Waals surface area contributed by atoms with Crippen molar-refractivity contribution in [3.8, 4) is 5.75 Å². The summed E-state index contributed by atoms with van der Waals surface area (Å²) in [6.07, 6.45) is -5.15. The first kappa shape index (κ1) is 23.2. The lowest BCUT2D eigenvalue weighted by Crippen LogP contribution is -2.45. The molecule has 1 fully saturated rings. The number of methoxy groups -OCH3 is 1. The molecule has 1 N–H and O–H groups in total. The summed E-state index contributed by atoms with van der Waals surface area (Å²) in [6.45, 7) is 2.77. The maximum absolute atomic E-state index is 13.3. The molecule has 24 heavy (non-hydrogen) atoms. The van der Waals surface area contributed by atoms with Gasteiger partial charge in [0.1, 0.15) is 11.6 Å². The molecule has 0 amide bonds. The van der Waals surface area contributed by atoms with Crippen molar-refractivity contribution in [2.24, 2.45) is 0 Å². The summed E-state index contributed by atoms with van der Waals surface area (Å²) in [5.41, 5.74) is 0.607. The van der Waals surface area contributed by atoms with Crippen molar-refractivity contribution >= 4 is 24.8 Å². The molecule has 0 aliphatic carbocycles. The largest absolute Gasteiger partial charge is 0.496 e. The highest BCUT2D eigenvalue weighted by Crippen LogP contribution is 2.36. The number of nitrogens with one attached hydrogen (secondary N) is 1. The van der Waals surface area contributed by atoms with E-state index in [1.54, 1.807) is 0 Å². The van der Waals surface area contributed by atoms with Crippen LogP contribution in [0.2, 0.25) is 0 Å². The van der Waals surface area contributed by atoms with Gasteiger partial charge in [-0.25, -0.2) is 4.39 Å². The topological polar surface area (TPSA) is 24.5 Å². The summed E-state index contributed by atoms with van der Waals surface area (Å²) in [6, 6.07) is 3.58. The van der Waals surface area contributed by atoms with Crippen LogP contribution in [0.15, 0.2) is 18.2 Å². The number of piperazine rings is 1. The van der Waals surface area contributed by atoms with Gasteiger partial charge in [-0.1, -0.05) is 6.07 Å². The Hall–Kier alpha value is -0.760. The molecule has 0 bridgehead atoms. The van der Waals surface area contributed by atoms with Gasteiger partial charge in [0.05, 0.1) is 7.11 Å². The number of alkyl halides is 3. The van der Waals surface area contributed by atoms with Crippen LogP contribution in [0.25, 0.3) is 0 Å². The van der Waals surface area contributed by atoms with Gasteiger partial charge in [-0.05, 0) is 12.5 Å². The van der Waals surface area contributed by atoms with Crippen LogP contribution in [0, 0.1) is 5.82 Å². The monoisotopic (exact) mass is 392 g/mol. The van der Waals surface area contributed by atoms with Crippen molar-refractivity contribution in [1.82, 2.24) is 10.2 Å². The van der Waals surface area contributed by atoms with Crippen LogP contribution in [-0.4, -0.2) is 44.4 Å². The van der Waals surface area contributed by atoms with Crippen molar-refractivity contribution in [2.75, 3.05) is 33.3 Å². The second-order valence-corrected chi connectivity index (χ2v) is 5.34. The van der Waals surface area contributed by atoms with Crippen LogP contribution in [0.5, 0.6) is 5.75 Å². The summed E-state index contributed by atoms with van der Waals surface area (Å²) >= 11 is 0. The van der Waals surface area contributed by atoms with Crippen LogP contribution < -0.4 is 10.1 Å². The first-order valence-electron chi connectivity index (χ1n) is 7.25. The molecule has 9 heteroatoms. The Labute approximate surface area is 151 Å². The first-order valence-corrected chi connectivity index (χ1v) is 7.25. The van der Waals surface area contributed by atoms with Gasteiger partial charge in [0.25, 0.3) is 0 Å². The third-order valence-corrected chi connectivity index (χ3v) is 3.85. The van der Waals surface area contributed by atoms with Crippen molar-refractivity contribution in [1.29, 1.82) is 0 Å². The van der Waals surface area contributed by atoms with E-state index in [2.05, 4.69) is 5.32 Å². The number of nitrogens with zero attached hydrogens (tertiary/aromatic N) is 1. The van der Waals surface area contributed by atoms with Gasteiger partial charge in [-0.2, -0.15) is 13.2 Å². The Morgan fingerprint density at radius 2 is 1.83 bits per heavy atom. The zero-order chi connectivity index (χ0) is 16.2. The zero-order valence-electron chi connectivity index (χ0n) is 13.2. The standard InChI is InChI=1S/C15H20F4N2O.2ClH/c1-22-14-10-11(16)2-3-12(14)13(4-5-15(17,18)19)21-8-6-20-7-9-21;;/h2-3,10,13,20H,4-9H2,1H3;2*1H/t13-;;/m0../s1. The predicted octanol–water partition coefficient (Wildman–Crippen LogP) is 3.97. The van der Waals surface area contributed by atoms with Crippen LogP contribution in [0.3, 0.4) is 0 Å². The number of ether oxygens (including phenoxy) is 1. The molecular weight excluding hydrogens is 371 g/mol. The Morgan fingerprint density at radius 1 is 1.21 bits per heavy atom. The number of hydrogen-bond acceptors (Lipinski definition) is 3. The van der Waals surface area contributed by atoms with Gasteiger partial charge >= 0.3 is 6.18 Å². The van der Waals surface area contributed by atoms with Gasteiger partial charge in [-0.15, -0.1) is 24.8 Å². The predicted molar refractivity (Wildman–Crippen MR) is 89.9 cm³/mol. The number of hydrogen-bond donors (Lipinski definition) is 1. The van der Waals surface area contributed by atoms with Gasteiger partial charge in [0.2, 0.25) is 0 Å². The number of benzene rings is 1. The highest BCUT2D eigenvalue weighted by atomic mass is 35.5. The molecule has 1 aromatic rings. The molecule has 1 aliphatic heterocycles. The Morgan fingerprint density at radius 3 is 2.38 bits per heavy atom. The maximum atomic E-state index is 13.3. The quantitative estimate of drug-likeness (QED) is 0.767. The van der Waals surface area contributed by atoms with Crippen LogP contribution in [0.1, 0.15) is 24.4 Å². The normalized spacial score (nSPS) is 16.7. The van der Waals surface area contributed by atoms with E-state index in [1.165, 1.54) is 25.3 Å². The van der Waals surface area contributed by atoms with E-state index < -0.39 is 24.5 Å². The lowest BCUT2D eigenvalue weighted by Gasteiger charge is -2.36. The smallest absolute Gasteiger partial charge is 0.389 e. The van der Waals surface area contributed by atoms with Crippen molar-refractivity contribution in [3.05, 3.63) is 29.6 Å². The van der Waals surface area contributed by atoms with E-state index >= 15 is 0 Å². The molecule has 1 aromatic carbocycles. The molecule has 1 aliphatic rings. The molecule has 0 radical (unpaired) electrons. The van der Waals surface area contributed by atoms with E-state index in [-0.39, 0.29) is 31.2 Å². The van der Waals surface area contributed by atoms with Crippen molar-refractivity contribution in [3.63, 3.8) is 0 Å². The molecule has 1 heterocycles. The Kier molecular flexibility index (Phi) is 9.96. The lowest BCUT2D eigenvalue weighted by molar-refractivity contribution is -0.138. The molecule has 140 valence electrons. The van der Waals surface area contributed by atoms with Crippen LogP contribution >= 0.6 is 24.8 Å². The minimum absolute atomic E-state index is 0. The molecule has 0 unspecified atom stereocenters. The molecule has 3 nitrogen and oxygen atoms in total. The zero-order valence-corrected chi connectivity index (χ0v) is 14.9. The molecular formula is C15H22Cl2F4N2O. The third kappa shape index (κ3) is 6.63. The van der Waals surface area contributed by atoms with E-state index in [4.69, 9.17) is 4.74 Å². The summed E-state index contributed by atoms with van der Waals surface area (Å²) in [5, 5.41) is 3.18. The highest BCUT2D eigenvalue weighted by Gasteiger charge is 2.32. The summed E-state index contributed by atoms with van der Waals surface area (Å²) in [5.74, 6) is -0.166. The summed E-state index contributed by atoms with van der Waals surface area (Å²) in [4.78, 5) is 2.00. The Bertz CT molecular complexity index is 497. The molecule has 0 saturated carbocycles. The van der Waals surface area contributed by atoms with Crippen molar-refractivity contribution < 1.29 is 22.3 Å². The molecule has 0 spiro atoms. The number of rotatable bonds is 5. The van der Waals surface area contributed by atoms with Gasteiger partial charge < -0.3 is 10.1 Å². The van der Waals surface area contributed by atoms with Gasteiger partial charge in [-0.3, -0.25) is 4.90 Å². The fourth-order valence-electron chi connectivity index (χ4n) is 2.79. The van der Waals surface area contributed by atoms with Gasteiger partial charge in [0, 0.05) is 50.3 Å². The molecule has 2 rings (SSSR count). The average molecular weight is 393 g/mol. The third-order valence-electron chi connectivity index (χ3n) is 3.85. The average Bonchev–Trinajstić information content (AvgIpc) is 2.48. The minimum Gasteiger partial charge on any atom is -0.496 e. The van der Waals surface area contributed by atoms with E-state index in [1.807, 2.05) is 4.90 Å². The fraction of sp³-hybridized carbons (Fsp3) is 0.600. The van der Waals surface area contributed by atoms with E-state index in [0.29, 0.717) is 24.4 Å². The van der Waals surface area contributed by atoms with Crippen molar-refractivity contribution in [2.45, 2.75) is 25.1 Å². The van der Waals surface area contributed by atoms with Crippen LogP contribution in [-0.2, 0) is 0 Å². The number of halogens is 6.